The number of rotatable bonds is 30. The molecule has 0 heterocycles. The molecule has 0 spiro atoms. The van der Waals surface area contributed by atoms with E-state index in [9.17, 15) is 19.0 Å². The first-order valence-corrected chi connectivity index (χ1v) is 18.1. The van der Waals surface area contributed by atoms with E-state index in [0.717, 1.165) is 83.5 Å². The maximum absolute atomic E-state index is 12.5. The Morgan fingerprint density at radius 3 is 1.57 bits per heavy atom. The smallest absolute Gasteiger partial charge is 0.306 e. The molecule has 0 aliphatic rings. The first-order chi connectivity index (χ1) is 21.0. The van der Waals surface area contributed by atoms with Crippen LogP contribution < -0.4 is 4.89 Å². The van der Waals surface area contributed by atoms with Crippen LogP contribution in [0.5, 0.6) is 0 Å². The lowest BCUT2D eigenvalue weighted by atomic mass is 10.1. The number of quaternary nitrogens is 1. The number of nitrogens with zero attached hydrogens (tertiary/aromatic N) is 1. The second-order valence-electron chi connectivity index (χ2n) is 12.5. The predicted octanol–water partition coefficient (Wildman–Crippen LogP) is 6.72. The van der Waals surface area contributed by atoms with Crippen molar-refractivity contribution in [2.24, 2.45) is 0 Å². The fraction of sp³-hybridized carbons (Fsp3) is 0.824. The van der Waals surface area contributed by atoms with Gasteiger partial charge >= 0.3 is 11.9 Å². The summed E-state index contributed by atoms with van der Waals surface area (Å²) in [5, 5.41) is 0. The number of esters is 2. The van der Waals surface area contributed by atoms with E-state index in [1.54, 1.807) is 0 Å². The highest BCUT2D eigenvalue weighted by molar-refractivity contribution is 7.45. The number of ether oxygens (including phenoxy) is 2. The molecule has 1 unspecified atom stereocenters. The van der Waals surface area contributed by atoms with Crippen LogP contribution in [0.4, 0.5) is 0 Å². The van der Waals surface area contributed by atoms with E-state index in [1.165, 1.54) is 19.3 Å². The van der Waals surface area contributed by atoms with Crippen molar-refractivity contribution in [3.63, 3.8) is 0 Å². The number of phosphoric acid groups is 1. The van der Waals surface area contributed by atoms with Gasteiger partial charge in [-0.05, 0) is 25.7 Å². The van der Waals surface area contributed by atoms with Gasteiger partial charge in [-0.25, -0.2) is 0 Å². The Kier molecular flexibility index (Phi) is 26.3. The van der Waals surface area contributed by atoms with Gasteiger partial charge in [-0.15, -0.1) is 24.7 Å². The summed E-state index contributed by atoms with van der Waals surface area (Å²) < 4.78 is 33.5. The van der Waals surface area contributed by atoms with Crippen LogP contribution >= 0.6 is 7.82 Å². The van der Waals surface area contributed by atoms with E-state index in [0.29, 0.717) is 23.9 Å². The van der Waals surface area contributed by atoms with Crippen LogP contribution in [0, 0.1) is 24.7 Å². The lowest BCUT2D eigenvalue weighted by Gasteiger charge is -2.28. The fourth-order valence-electron chi connectivity index (χ4n) is 4.37. The van der Waals surface area contributed by atoms with Crippen LogP contribution in [0.25, 0.3) is 0 Å². The minimum Gasteiger partial charge on any atom is -0.756 e. The number of likely N-dealkylation sites (N-methyl/N-ethyl adjacent to an activating group) is 1. The van der Waals surface area contributed by atoms with Crippen LogP contribution in [-0.2, 0) is 32.7 Å². The Morgan fingerprint density at radius 2 is 1.11 bits per heavy atom. The number of terminal acetylenes is 2. The third kappa shape index (κ3) is 30.2. The molecule has 254 valence electrons. The van der Waals surface area contributed by atoms with Crippen LogP contribution in [0.3, 0.4) is 0 Å². The van der Waals surface area contributed by atoms with Gasteiger partial charge in [0.15, 0.2) is 6.10 Å². The molecular formula is C34H60NO8P. The van der Waals surface area contributed by atoms with Crippen molar-refractivity contribution >= 4 is 19.8 Å². The van der Waals surface area contributed by atoms with Crippen molar-refractivity contribution in [1.82, 2.24) is 0 Å². The summed E-state index contributed by atoms with van der Waals surface area (Å²) in [5.74, 6) is 4.43. The first-order valence-electron chi connectivity index (χ1n) is 16.6. The lowest BCUT2D eigenvalue weighted by molar-refractivity contribution is -0.870. The van der Waals surface area contributed by atoms with E-state index in [4.69, 9.17) is 31.4 Å². The summed E-state index contributed by atoms with van der Waals surface area (Å²) in [4.78, 5) is 37.0. The van der Waals surface area contributed by atoms with Crippen molar-refractivity contribution in [3.8, 4) is 24.7 Å². The summed E-state index contributed by atoms with van der Waals surface area (Å²) in [6.45, 7) is -0.337. The van der Waals surface area contributed by atoms with Gasteiger partial charge in [-0.2, -0.15) is 0 Å². The van der Waals surface area contributed by atoms with E-state index < -0.39 is 32.5 Å². The highest BCUT2D eigenvalue weighted by atomic mass is 31.2. The molecule has 44 heavy (non-hydrogen) atoms. The van der Waals surface area contributed by atoms with E-state index >= 15 is 0 Å². The van der Waals surface area contributed by atoms with Crippen molar-refractivity contribution in [2.45, 2.75) is 135 Å². The monoisotopic (exact) mass is 641 g/mol. The van der Waals surface area contributed by atoms with Crippen molar-refractivity contribution < 1.29 is 42.1 Å². The normalized spacial score (nSPS) is 13.4. The number of hydrogen-bond acceptors (Lipinski definition) is 8. The van der Waals surface area contributed by atoms with Gasteiger partial charge in [0.1, 0.15) is 19.8 Å². The zero-order chi connectivity index (χ0) is 32.9. The molecule has 0 bridgehead atoms. The van der Waals surface area contributed by atoms with Gasteiger partial charge in [0.2, 0.25) is 0 Å². The molecule has 10 heteroatoms. The van der Waals surface area contributed by atoms with Gasteiger partial charge in [-0.3, -0.25) is 14.2 Å². The highest BCUT2D eigenvalue weighted by Crippen LogP contribution is 2.38. The summed E-state index contributed by atoms with van der Waals surface area (Å²) in [5.41, 5.74) is 0. The molecule has 0 N–H and O–H groups in total. The molecule has 0 saturated carbocycles. The number of unbranched alkanes of at least 4 members (excludes halogenated alkanes) is 16. The van der Waals surface area contributed by atoms with E-state index in [2.05, 4.69) is 11.8 Å². The van der Waals surface area contributed by atoms with Gasteiger partial charge in [0.25, 0.3) is 7.82 Å². The molecule has 0 aromatic rings. The van der Waals surface area contributed by atoms with E-state index in [-0.39, 0.29) is 26.1 Å². The maximum Gasteiger partial charge on any atom is 0.306 e. The summed E-state index contributed by atoms with van der Waals surface area (Å²) in [6.07, 6.45) is 28.2. The van der Waals surface area contributed by atoms with Crippen LogP contribution in [-0.4, -0.2) is 70.0 Å². The van der Waals surface area contributed by atoms with Crippen LogP contribution in [0.1, 0.15) is 128 Å². The van der Waals surface area contributed by atoms with Gasteiger partial charge in [0.05, 0.1) is 27.7 Å². The molecule has 0 amide bonds. The zero-order valence-electron chi connectivity index (χ0n) is 27.9. The largest absolute Gasteiger partial charge is 0.756 e. The Labute approximate surface area is 268 Å². The van der Waals surface area contributed by atoms with Gasteiger partial charge in [-0.1, -0.05) is 77.0 Å². The average Bonchev–Trinajstić information content (AvgIpc) is 2.95. The number of hydrogen-bond donors (Lipinski definition) is 0. The molecule has 0 radical (unpaired) electrons. The van der Waals surface area contributed by atoms with Gasteiger partial charge < -0.3 is 27.9 Å². The molecular weight excluding hydrogens is 581 g/mol. The minimum absolute atomic E-state index is 0.0413. The van der Waals surface area contributed by atoms with Crippen molar-refractivity contribution in [2.75, 3.05) is 47.5 Å². The standard InChI is InChI=1S/C34H60NO8P/c1-6-8-10-12-14-16-18-20-22-24-26-33(36)40-30-32(31-42-44(38,39)41-29-28-35(3,4)5)43-34(37)27-25-23-21-19-17-15-13-11-9-7-2/h1-2,32H,8-31H2,3-5H3/t32-/m1/s1. The molecule has 9 nitrogen and oxygen atoms in total. The van der Waals surface area contributed by atoms with Gasteiger partial charge in [0, 0.05) is 25.7 Å². The molecule has 0 aliphatic heterocycles. The summed E-state index contributed by atoms with van der Waals surface area (Å²) in [6, 6.07) is 0. The average molecular weight is 642 g/mol. The third-order valence-corrected chi connectivity index (χ3v) is 8.03. The Balaban J connectivity index is 4.49. The van der Waals surface area contributed by atoms with E-state index in [1.807, 2.05) is 21.1 Å². The quantitative estimate of drug-likeness (QED) is 0.0280. The minimum atomic E-state index is -4.62. The molecule has 0 rings (SSSR count). The Morgan fingerprint density at radius 1 is 0.682 bits per heavy atom. The van der Waals surface area contributed by atoms with Crippen molar-refractivity contribution in [3.05, 3.63) is 0 Å². The third-order valence-electron chi connectivity index (χ3n) is 7.06. The Bertz CT molecular complexity index is 874. The summed E-state index contributed by atoms with van der Waals surface area (Å²) in [7, 11) is 1.12. The number of carbonyl (C=O) groups excluding carboxylic acids is 2. The molecule has 0 aromatic carbocycles. The lowest BCUT2D eigenvalue weighted by Crippen LogP contribution is -2.37. The summed E-state index contributed by atoms with van der Waals surface area (Å²) >= 11 is 0. The number of carbonyl (C=O) groups is 2. The molecule has 0 saturated heterocycles. The van der Waals surface area contributed by atoms with Crippen LogP contribution in [0.2, 0.25) is 0 Å². The van der Waals surface area contributed by atoms with Crippen LogP contribution in [0.15, 0.2) is 0 Å². The Hall–Kier alpha value is -1.87. The number of phosphoric ester groups is 1. The first kappa shape index (κ1) is 42.1. The zero-order valence-corrected chi connectivity index (χ0v) is 28.8. The topological polar surface area (TPSA) is 111 Å². The second kappa shape index (κ2) is 27.4. The molecule has 0 fully saturated rings. The fourth-order valence-corrected chi connectivity index (χ4v) is 5.10. The second-order valence-corrected chi connectivity index (χ2v) is 13.9. The maximum atomic E-state index is 12.5. The highest BCUT2D eigenvalue weighted by Gasteiger charge is 2.21. The molecule has 2 atom stereocenters. The molecule has 0 aliphatic carbocycles. The molecule has 0 aromatic heterocycles. The van der Waals surface area contributed by atoms with Crippen molar-refractivity contribution in [1.29, 1.82) is 0 Å². The SMILES string of the molecule is C#CCCCCCCCCCCC(=O)OC[C@H](COP(=O)([O-])OCC[N+](C)(C)C)OC(=O)CCCCCCCCCCC#C. The predicted molar refractivity (Wildman–Crippen MR) is 173 cm³/mol.